The van der Waals surface area contributed by atoms with Crippen LogP contribution in [0.15, 0.2) is 0 Å². The van der Waals surface area contributed by atoms with Crippen LogP contribution in [0.2, 0.25) is 0 Å². The molecule has 0 heterocycles. The first kappa shape index (κ1) is 53.8. The number of aliphatic hydroxyl groups excluding tert-OH is 4. The van der Waals surface area contributed by atoms with Gasteiger partial charge in [0.2, 0.25) is 0 Å². The molecule has 0 aliphatic rings. The maximum absolute atomic E-state index is 7.62. The molecule has 6 nitrogen and oxygen atoms in total. The third-order valence-corrected chi connectivity index (χ3v) is 0.200. The van der Waals surface area contributed by atoms with E-state index in [9.17, 15) is 0 Å². The van der Waals surface area contributed by atoms with Crippen molar-refractivity contribution in [2.24, 2.45) is 0 Å². The van der Waals surface area contributed by atoms with E-state index in [0.717, 1.165) is 0 Å². The average molecular weight is 637 g/mol. The van der Waals surface area contributed by atoms with Crippen LogP contribution in [-0.2, 0) is 0 Å². The minimum atomic E-state index is -0.125. The van der Waals surface area contributed by atoms with E-state index in [1.807, 2.05) is 0 Å². The summed E-state index contributed by atoms with van der Waals surface area (Å²) >= 11 is 0. The van der Waals surface area contributed by atoms with E-state index >= 15 is 0 Å². The van der Waals surface area contributed by atoms with Crippen LogP contribution in [0, 0.1) is 0 Å². The molecule has 14 radical (unpaired) electrons. The molecule has 0 fully saturated rings. The minimum Gasteiger partial charge on any atom is 0 e. The third-order valence-electron chi connectivity index (χ3n) is 0.200. The van der Waals surface area contributed by atoms with Crippen LogP contribution in [-0.4, -0.2) is 153 Å². The van der Waals surface area contributed by atoms with E-state index in [1.165, 1.54) is 0 Å². The van der Waals surface area contributed by atoms with Crippen molar-refractivity contribution in [1.82, 2.24) is 0 Å². The first-order valence-corrected chi connectivity index (χ1v) is 2.26. The first-order valence-electron chi connectivity index (χ1n) is 2.26. The Balaban J connectivity index is -0.00000000600. The van der Waals surface area contributed by atoms with Gasteiger partial charge >= 0.3 is 47.8 Å². The van der Waals surface area contributed by atoms with Gasteiger partial charge in [0.1, 0.15) is 0 Å². The maximum atomic E-state index is 7.62. The Hall–Kier alpha value is 2.95. The topological polar surface area (TPSA) is 144 Å². The molecular formula is C4H18O6Sn4. The summed E-state index contributed by atoms with van der Waals surface area (Å²) in [7, 11) is 0. The van der Waals surface area contributed by atoms with Crippen molar-refractivity contribution in [2.75, 3.05) is 26.4 Å². The second kappa shape index (κ2) is 73.8. The molecular weight excluding hydrogens is 619 g/mol. The Morgan fingerprint density at radius 3 is 0.571 bits per heavy atom. The summed E-state index contributed by atoms with van der Waals surface area (Å²) in [5.74, 6) is 0. The van der Waals surface area contributed by atoms with Gasteiger partial charge in [-0.1, -0.05) is 0 Å². The van der Waals surface area contributed by atoms with Gasteiger partial charge < -0.3 is 31.4 Å². The van der Waals surface area contributed by atoms with Crippen LogP contribution in [0.5, 0.6) is 0 Å². The number of rotatable bonds is 2. The molecule has 0 rings (SSSR count). The van der Waals surface area contributed by atoms with Crippen LogP contribution in [0.4, 0.5) is 0 Å². The average Bonchev–Trinajstić information content (AvgIpc) is 1.88. The molecule has 0 amide bonds. The summed E-state index contributed by atoms with van der Waals surface area (Å²) in [5.41, 5.74) is 0. The van der Waals surface area contributed by atoms with Gasteiger partial charge in [0.25, 0.3) is 0 Å². The zero-order valence-electron chi connectivity index (χ0n) is 7.77. The summed E-state index contributed by atoms with van der Waals surface area (Å²) < 4.78 is 0. The molecule has 10 heteroatoms. The third kappa shape index (κ3) is 119. The second-order valence-electron chi connectivity index (χ2n) is 0.894. The number of hydrogen-bond donors (Lipinski definition) is 4. The molecule has 0 atom stereocenters. The Morgan fingerprint density at radius 1 is 0.500 bits per heavy atom. The van der Waals surface area contributed by atoms with E-state index < -0.39 is 0 Å². The van der Waals surface area contributed by atoms with Crippen molar-refractivity contribution < 1.29 is 31.4 Å². The molecule has 0 aromatic carbocycles. The van der Waals surface area contributed by atoms with Crippen molar-refractivity contribution in [1.29, 1.82) is 0 Å². The molecule has 8 N–H and O–H groups in total. The molecule has 14 heavy (non-hydrogen) atoms. The molecule has 0 bridgehead atoms. The van der Waals surface area contributed by atoms with Crippen molar-refractivity contribution >= 4 is 95.6 Å². The van der Waals surface area contributed by atoms with E-state index in [-0.39, 0.29) is 133 Å². The molecule has 0 spiro atoms. The monoisotopic (exact) mass is 642 g/mol. The van der Waals surface area contributed by atoms with Crippen LogP contribution in [0.25, 0.3) is 0 Å². The predicted octanol–water partition coefficient (Wildman–Crippen LogP) is -5.77. The summed E-state index contributed by atoms with van der Waals surface area (Å²) in [5, 5.41) is 30.5. The van der Waals surface area contributed by atoms with Crippen LogP contribution >= 0.6 is 0 Å². The van der Waals surface area contributed by atoms with Crippen molar-refractivity contribution in [3.05, 3.63) is 0 Å². The molecule has 0 aromatic heterocycles. The van der Waals surface area contributed by atoms with Crippen LogP contribution < -0.4 is 0 Å². The summed E-state index contributed by atoms with van der Waals surface area (Å²) in [4.78, 5) is 0. The quantitative estimate of drug-likeness (QED) is 0.224. The molecule has 0 aliphatic heterocycles. The van der Waals surface area contributed by atoms with Gasteiger partial charge in [0.15, 0.2) is 0 Å². The van der Waals surface area contributed by atoms with Gasteiger partial charge in [-0.05, 0) is 0 Å². The normalized spacial score (nSPS) is 4.29. The van der Waals surface area contributed by atoms with Crippen molar-refractivity contribution in [2.45, 2.75) is 0 Å². The molecule has 0 saturated carbocycles. The summed E-state index contributed by atoms with van der Waals surface area (Å²) in [6.07, 6.45) is 0. The Labute approximate surface area is 151 Å². The molecule has 0 unspecified atom stereocenters. The fraction of sp³-hybridized carbons (Fsp3) is 1.00. The van der Waals surface area contributed by atoms with Crippen LogP contribution in [0.1, 0.15) is 0 Å². The Kier molecular flexibility index (Phi) is 284. The van der Waals surface area contributed by atoms with Crippen LogP contribution in [0.3, 0.4) is 0 Å². The SMILES string of the molecule is O.O.OCCO.OCCO.[SnH].[SnH].[Sn].[Sn]. The molecule has 0 aromatic rings. The van der Waals surface area contributed by atoms with E-state index in [2.05, 4.69) is 0 Å². The zero-order chi connectivity index (χ0) is 6.83. The van der Waals surface area contributed by atoms with Gasteiger partial charge in [0, 0.05) is 47.8 Å². The summed E-state index contributed by atoms with van der Waals surface area (Å²) in [6, 6.07) is 0. The van der Waals surface area contributed by atoms with Crippen molar-refractivity contribution in [3.63, 3.8) is 0 Å². The Morgan fingerprint density at radius 2 is 0.571 bits per heavy atom. The smallest absolute Gasteiger partial charge is 0 e. The zero-order valence-corrected chi connectivity index (χ0v) is 20.1. The van der Waals surface area contributed by atoms with Gasteiger partial charge in [-0.2, -0.15) is 0 Å². The first-order chi connectivity index (χ1) is 3.83. The van der Waals surface area contributed by atoms with Gasteiger partial charge in [0.05, 0.1) is 26.4 Å². The fourth-order valence-corrected chi connectivity index (χ4v) is 0. The maximum Gasteiger partial charge on any atom is 0 e. The molecule has 0 aliphatic carbocycles. The standard InChI is InChI=1S/2C2H6O2.2H2O.4Sn.2H/c2*3-1-2-4;;;;;;;;/h2*3-4H,1-2H2;2*1H2;;;;;;. The van der Waals surface area contributed by atoms with Gasteiger partial charge in [-0.15, -0.1) is 0 Å². The number of aliphatic hydroxyl groups is 4. The fourth-order valence-electron chi connectivity index (χ4n) is 0. The van der Waals surface area contributed by atoms with Crippen molar-refractivity contribution in [3.8, 4) is 0 Å². The number of hydrogen-bond acceptors (Lipinski definition) is 4. The minimum absolute atomic E-state index is 0. The predicted molar refractivity (Wildman–Crippen MR) is 61.4 cm³/mol. The summed E-state index contributed by atoms with van der Waals surface area (Å²) in [6.45, 7) is -0.500. The van der Waals surface area contributed by atoms with Gasteiger partial charge in [-0.25, -0.2) is 0 Å². The molecule has 86 valence electrons. The van der Waals surface area contributed by atoms with Gasteiger partial charge in [-0.3, -0.25) is 0 Å². The molecule has 0 saturated heterocycles. The van der Waals surface area contributed by atoms with E-state index in [1.54, 1.807) is 0 Å². The van der Waals surface area contributed by atoms with E-state index in [4.69, 9.17) is 20.4 Å². The van der Waals surface area contributed by atoms with E-state index in [0.29, 0.717) is 0 Å². The Bertz CT molecular complexity index is 29.8. The second-order valence-corrected chi connectivity index (χ2v) is 0.894. The largest absolute Gasteiger partial charge is 0 e.